The molecule has 0 aromatic heterocycles. The lowest BCUT2D eigenvalue weighted by molar-refractivity contribution is 0.594. The largest absolute Gasteiger partial charge is 0.378 e. The summed E-state index contributed by atoms with van der Waals surface area (Å²) >= 11 is 0. The van der Waals surface area contributed by atoms with Gasteiger partial charge in [0, 0.05) is 19.8 Å². The molecule has 0 amide bonds. The number of anilines is 1. The molecule has 1 unspecified atom stereocenters. The van der Waals surface area contributed by atoms with Crippen LogP contribution < -0.4 is 10.2 Å². The van der Waals surface area contributed by atoms with Crippen LogP contribution in [-0.2, 0) is 5.41 Å². The van der Waals surface area contributed by atoms with Gasteiger partial charge in [0.15, 0.2) is 0 Å². The van der Waals surface area contributed by atoms with Crippen LogP contribution in [0, 0.1) is 0 Å². The Balaban J connectivity index is 3.22. The van der Waals surface area contributed by atoms with Gasteiger partial charge in [0.2, 0.25) is 0 Å². The summed E-state index contributed by atoms with van der Waals surface area (Å²) in [6.45, 7) is 6.74. The molecule has 0 spiro atoms. The summed E-state index contributed by atoms with van der Waals surface area (Å²) in [5.74, 6) is 0. The van der Waals surface area contributed by atoms with Gasteiger partial charge in [-0.05, 0) is 28.4 Å². The SMILES string of the molecule is CN(C)c1ccc(P)c(C(C)(C)C)c1. The highest BCUT2D eigenvalue weighted by molar-refractivity contribution is 7.27. The number of nitrogens with zero attached hydrogens (tertiary/aromatic N) is 1. The molecule has 1 aromatic rings. The molecular weight excluding hydrogens is 189 g/mol. The van der Waals surface area contributed by atoms with E-state index in [1.54, 1.807) is 0 Å². The first-order valence-electron chi connectivity index (χ1n) is 4.89. The van der Waals surface area contributed by atoms with Crippen LogP contribution in [-0.4, -0.2) is 14.1 Å². The van der Waals surface area contributed by atoms with Crippen LogP contribution in [0.3, 0.4) is 0 Å². The van der Waals surface area contributed by atoms with Crippen LogP contribution in [0.5, 0.6) is 0 Å². The fourth-order valence-corrected chi connectivity index (χ4v) is 2.08. The third-order valence-electron chi connectivity index (χ3n) is 2.36. The van der Waals surface area contributed by atoms with Crippen molar-refractivity contribution < 1.29 is 0 Å². The van der Waals surface area contributed by atoms with E-state index in [9.17, 15) is 0 Å². The van der Waals surface area contributed by atoms with Crippen LogP contribution in [0.2, 0.25) is 0 Å². The van der Waals surface area contributed by atoms with Crippen LogP contribution in [0.25, 0.3) is 0 Å². The van der Waals surface area contributed by atoms with E-state index < -0.39 is 0 Å². The van der Waals surface area contributed by atoms with Crippen molar-refractivity contribution in [2.24, 2.45) is 0 Å². The van der Waals surface area contributed by atoms with Crippen molar-refractivity contribution in [1.29, 1.82) is 0 Å². The van der Waals surface area contributed by atoms with Gasteiger partial charge in [-0.1, -0.05) is 26.8 Å². The lowest BCUT2D eigenvalue weighted by Gasteiger charge is -2.24. The molecule has 0 bridgehead atoms. The Morgan fingerprint density at radius 2 is 1.71 bits per heavy atom. The molecule has 1 rings (SSSR count). The number of hydrogen-bond donors (Lipinski definition) is 0. The van der Waals surface area contributed by atoms with Crippen molar-refractivity contribution >= 4 is 20.2 Å². The molecule has 0 aliphatic rings. The van der Waals surface area contributed by atoms with Gasteiger partial charge < -0.3 is 4.90 Å². The van der Waals surface area contributed by atoms with Crippen molar-refractivity contribution in [3.05, 3.63) is 23.8 Å². The molecule has 0 radical (unpaired) electrons. The number of hydrogen-bond acceptors (Lipinski definition) is 1. The highest BCUT2D eigenvalue weighted by atomic mass is 31.0. The predicted octanol–water partition coefficient (Wildman–Crippen LogP) is 2.55. The lowest BCUT2D eigenvalue weighted by atomic mass is 9.86. The summed E-state index contributed by atoms with van der Waals surface area (Å²) in [6.07, 6.45) is 0. The highest BCUT2D eigenvalue weighted by Crippen LogP contribution is 2.25. The minimum absolute atomic E-state index is 0.211. The van der Waals surface area contributed by atoms with Crippen molar-refractivity contribution in [2.45, 2.75) is 26.2 Å². The van der Waals surface area contributed by atoms with Crippen LogP contribution in [0.15, 0.2) is 18.2 Å². The van der Waals surface area contributed by atoms with E-state index in [4.69, 9.17) is 0 Å². The van der Waals surface area contributed by atoms with Crippen LogP contribution >= 0.6 is 9.24 Å². The van der Waals surface area contributed by atoms with Crippen molar-refractivity contribution in [2.75, 3.05) is 19.0 Å². The monoisotopic (exact) mass is 209 g/mol. The summed E-state index contributed by atoms with van der Waals surface area (Å²) in [6, 6.07) is 6.58. The molecule has 1 atom stereocenters. The summed E-state index contributed by atoms with van der Waals surface area (Å²) in [5.41, 5.74) is 2.87. The van der Waals surface area contributed by atoms with Gasteiger partial charge in [0.05, 0.1) is 0 Å². The Hall–Kier alpha value is -0.550. The van der Waals surface area contributed by atoms with Crippen molar-refractivity contribution in [3.63, 3.8) is 0 Å². The first-order valence-corrected chi connectivity index (χ1v) is 5.47. The van der Waals surface area contributed by atoms with Gasteiger partial charge in [-0.2, -0.15) is 0 Å². The Labute approximate surface area is 89.7 Å². The molecule has 0 aliphatic carbocycles. The third-order valence-corrected chi connectivity index (χ3v) is 2.86. The zero-order valence-corrected chi connectivity index (χ0v) is 10.9. The predicted molar refractivity (Wildman–Crippen MR) is 68.8 cm³/mol. The molecule has 0 N–H and O–H groups in total. The Kier molecular flexibility index (Phi) is 3.21. The number of benzene rings is 1. The Morgan fingerprint density at radius 3 is 2.14 bits per heavy atom. The van der Waals surface area contributed by atoms with E-state index in [0.29, 0.717) is 0 Å². The molecule has 0 saturated carbocycles. The molecular formula is C12H20NP. The second-order valence-corrected chi connectivity index (χ2v) is 5.54. The Morgan fingerprint density at radius 1 is 1.14 bits per heavy atom. The van der Waals surface area contributed by atoms with Crippen molar-refractivity contribution in [1.82, 2.24) is 0 Å². The lowest BCUT2D eigenvalue weighted by Crippen LogP contribution is -2.20. The fraction of sp³-hybridized carbons (Fsp3) is 0.500. The fourth-order valence-electron chi connectivity index (χ4n) is 1.47. The summed E-state index contributed by atoms with van der Waals surface area (Å²) in [4.78, 5) is 2.14. The molecule has 1 aromatic carbocycles. The smallest absolute Gasteiger partial charge is 0.0364 e. The molecule has 2 heteroatoms. The molecule has 1 nitrogen and oxygen atoms in total. The molecule has 0 heterocycles. The molecule has 0 aliphatic heterocycles. The standard InChI is InChI=1S/C12H20NP/c1-12(2,3)10-8-9(13(4)5)6-7-11(10)14/h6-8H,14H2,1-5H3. The molecule has 14 heavy (non-hydrogen) atoms. The van der Waals surface area contributed by atoms with E-state index in [-0.39, 0.29) is 5.41 Å². The van der Waals surface area contributed by atoms with Crippen LogP contribution in [0.1, 0.15) is 26.3 Å². The maximum absolute atomic E-state index is 2.81. The highest BCUT2D eigenvalue weighted by Gasteiger charge is 2.16. The summed E-state index contributed by atoms with van der Waals surface area (Å²) in [5, 5.41) is 1.29. The van der Waals surface area contributed by atoms with Gasteiger partial charge in [-0.15, -0.1) is 9.24 Å². The molecule has 78 valence electrons. The zero-order chi connectivity index (χ0) is 10.9. The summed E-state index contributed by atoms with van der Waals surface area (Å²) < 4.78 is 0. The van der Waals surface area contributed by atoms with Crippen LogP contribution in [0.4, 0.5) is 5.69 Å². The van der Waals surface area contributed by atoms with Gasteiger partial charge in [0.1, 0.15) is 0 Å². The average molecular weight is 209 g/mol. The number of rotatable bonds is 1. The topological polar surface area (TPSA) is 3.24 Å². The first kappa shape index (κ1) is 11.5. The van der Waals surface area contributed by atoms with Gasteiger partial charge in [0.25, 0.3) is 0 Å². The zero-order valence-electron chi connectivity index (χ0n) is 9.76. The Bertz CT molecular complexity index is 324. The maximum atomic E-state index is 2.81. The van der Waals surface area contributed by atoms with E-state index >= 15 is 0 Å². The van der Waals surface area contributed by atoms with E-state index in [1.165, 1.54) is 16.6 Å². The van der Waals surface area contributed by atoms with Crippen molar-refractivity contribution in [3.8, 4) is 0 Å². The maximum Gasteiger partial charge on any atom is 0.0364 e. The van der Waals surface area contributed by atoms with E-state index in [1.807, 2.05) is 0 Å². The van der Waals surface area contributed by atoms with Gasteiger partial charge >= 0.3 is 0 Å². The normalized spacial score (nSPS) is 11.6. The minimum atomic E-state index is 0.211. The average Bonchev–Trinajstić information content (AvgIpc) is 2.02. The summed E-state index contributed by atoms with van der Waals surface area (Å²) in [7, 11) is 6.96. The minimum Gasteiger partial charge on any atom is -0.378 e. The van der Waals surface area contributed by atoms with Gasteiger partial charge in [-0.25, -0.2) is 0 Å². The van der Waals surface area contributed by atoms with E-state index in [0.717, 1.165) is 0 Å². The third kappa shape index (κ3) is 2.48. The first-order chi connectivity index (χ1) is 6.32. The second-order valence-electron chi connectivity index (χ2n) is 4.92. The molecule has 0 saturated heterocycles. The van der Waals surface area contributed by atoms with Gasteiger partial charge in [-0.3, -0.25) is 0 Å². The second kappa shape index (κ2) is 3.90. The quantitative estimate of drug-likeness (QED) is 0.642. The molecule has 0 fully saturated rings. The van der Waals surface area contributed by atoms with E-state index in [2.05, 4.69) is 67.2 Å².